The minimum absolute atomic E-state index is 0.0324. The number of carbonyl (C=O) groups is 2. The van der Waals surface area contributed by atoms with Crippen molar-refractivity contribution >= 4 is 29.8 Å². The van der Waals surface area contributed by atoms with Crippen LogP contribution in [0.2, 0.25) is 0 Å². The number of nitrogens with two attached hydrogens (primary N) is 1. The number of nitrogens with one attached hydrogen (secondary N) is 2. The van der Waals surface area contributed by atoms with Crippen LogP contribution >= 0.6 is 0 Å². The lowest BCUT2D eigenvalue weighted by atomic mass is 10.1. The first-order valence-electron chi connectivity index (χ1n) is 9.45. The van der Waals surface area contributed by atoms with Crippen LogP contribution in [0, 0.1) is 0 Å². The summed E-state index contributed by atoms with van der Waals surface area (Å²) in [6.07, 6.45) is -0.341. The molecular formula is C22H19F3N4O3. The highest BCUT2D eigenvalue weighted by molar-refractivity contribution is 5.97. The smallest absolute Gasteiger partial charge is 0.475 e. The van der Waals surface area contributed by atoms with Crippen molar-refractivity contribution in [1.29, 1.82) is 0 Å². The fraction of sp³-hybridized carbons (Fsp3) is 0.136. The van der Waals surface area contributed by atoms with E-state index >= 15 is 0 Å². The van der Waals surface area contributed by atoms with E-state index in [1.165, 1.54) is 0 Å². The Morgan fingerprint density at radius 2 is 1.81 bits per heavy atom. The zero-order chi connectivity index (χ0) is 23.3. The molecule has 3 heterocycles. The molecule has 0 atom stereocenters. The summed E-state index contributed by atoms with van der Waals surface area (Å²) in [6.45, 7) is 0.662. The molecule has 0 saturated heterocycles. The van der Waals surface area contributed by atoms with E-state index in [9.17, 15) is 18.0 Å². The van der Waals surface area contributed by atoms with Gasteiger partial charge in [0, 0.05) is 29.9 Å². The van der Waals surface area contributed by atoms with Gasteiger partial charge in [-0.05, 0) is 29.8 Å². The summed E-state index contributed by atoms with van der Waals surface area (Å²) in [7, 11) is 0. The monoisotopic (exact) mass is 444 g/mol. The summed E-state index contributed by atoms with van der Waals surface area (Å²) < 4.78 is 31.7. The van der Waals surface area contributed by atoms with E-state index in [-0.39, 0.29) is 5.91 Å². The molecule has 1 aliphatic heterocycles. The molecule has 32 heavy (non-hydrogen) atoms. The van der Waals surface area contributed by atoms with Crippen LogP contribution in [0.4, 0.5) is 19.0 Å². The number of hydrogen-bond acceptors (Lipinski definition) is 4. The number of hydrogen-bond donors (Lipinski definition) is 4. The number of pyridine rings is 1. The topological polar surface area (TPSA) is 121 Å². The number of nitrogens with zero attached hydrogens (tertiary/aromatic N) is 1. The summed E-state index contributed by atoms with van der Waals surface area (Å²) in [5.41, 5.74) is 11.3. The van der Waals surface area contributed by atoms with Crippen molar-refractivity contribution in [1.82, 2.24) is 15.3 Å². The molecule has 3 aromatic rings. The van der Waals surface area contributed by atoms with Gasteiger partial charge in [0.2, 0.25) is 0 Å². The van der Waals surface area contributed by atoms with Crippen molar-refractivity contribution in [2.75, 3.05) is 12.3 Å². The Balaban J connectivity index is 0.000000360. The van der Waals surface area contributed by atoms with E-state index < -0.39 is 12.1 Å². The molecule has 5 N–H and O–H groups in total. The minimum Gasteiger partial charge on any atom is -0.475 e. The second-order valence-corrected chi connectivity index (χ2v) is 6.83. The number of halogens is 3. The number of aliphatic carboxylic acids is 1. The van der Waals surface area contributed by atoms with Crippen molar-refractivity contribution in [3.63, 3.8) is 0 Å². The normalized spacial score (nSPS) is 13.2. The van der Waals surface area contributed by atoms with E-state index in [1.54, 1.807) is 0 Å². The van der Waals surface area contributed by atoms with Crippen LogP contribution in [0.15, 0.2) is 48.5 Å². The highest BCUT2D eigenvalue weighted by atomic mass is 19.4. The number of carboxylic acids is 1. The fourth-order valence-electron chi connectivity index (χ4n) is 3.01. The van der Waals surface area contributed by atoms with Crippen molar-refractivity contribution in [2.24, 2.45) is 0 Å². The third-order valence-electron chi connectivity index (χ3n) is 4.47. The number of anilines is 1. The SMILES string of the molecule is Nc1cc(-c2cc3c([nH]2)CCNC3=O)cc(/C=C/c2ccccc2)n1.O=C(O)C(F)(F)F. The molecule has 0 fully saturated rings. The Hall–Kier alpha value is -4.08. The number of carbonyl (C=O) groups excluding carboxylic acids is 1. The Bertz CT molecular complexity index is 1150. The van der Waals surface area contributed by atoms with Gasteiger partial charge in [0.25, 0.3) is 5.91 Å². The first-order chi connectivity index (χ1) is 15.1. The Labute approximate surface area is 180 Å². The number of benzene rings is 1. The van der Waals surface area contributed by atoms with Crippen LogP contribution in [0.5, 0.6) is 0 Å². The molecule has 10 heteroatoms. The molecule has 2 aromatic heterocycles. The summed E-state index contributed by atoms with van der Waals surface area (Å²) in [5.74, 6) is -2.34. The maximum Gasteiger partial charge on any atom is 0.490 e. The number of H-pyrrole nitrogens is 1. The molecule has 7 nitrogen and oxygen atoms in total. The molecule has 4 rings (SSSR count). The molecule has 0 unspecified atom stereocenters. The molecule has 0 aliphatic carbocycles. The number of carboxylic acid groups (broad SMARTS) is 1. The molecule has 0 bridgehead atoms. The lowest BCUT2D eigenvalue weighted by Gasteiger charge is -2.10. The first kappa shape index (κ1) is 22.6. The quantitative estimate of drug-likeness (QED) is 0.490. The van der Waals surface area contributed by atoms with Crippen LogP contribution in [0.1, 0.15) is 27.3 Å². The van der Waals surface area contributed by atoms with E-state index in [4.69, 9.17) is 15.6 Å². The van der Waals surface area contributed by atoms with Crippen LogP contribution in [0.25, 0.3) is 23.4 Å². The zero-order valence-electron chi connectivity index (χ0n) is 16.6. The maximum atomic E-state index is 11.9. The van der Waals surface area contributed by atoms with Crippen LogP contribution in [-0.4, -0.2) is 39.7 Å². The van der Waals surface area contributed by atoms with Crippen LogP contribution in [0.3, 0.4) is 0 Å². The van der Waals surface area contributed by atoms with Gasteiger partial charge in [-0.25, -0.2) is 9.78 Å². The van der Waals surface area contributed by atoms with Crippen LogP contribution < -0.4 is 11.1 Å². The summed E-state index contributed by atoms with van der Waals surface area (Å²) in [6, 6.07) is 15.7. The predicted molar refractivity (Wildman–Crippen MR) is 114 cm³/mol. The average Bonchev–Trinajstić information content (AvgIpc) is 3.18. The predicted octanol–water partition coefficient (Wildman–Crippen LogP) is 3.75. The van der Waals surface area contributed by atoms with Gasteiger partial charge in [-0.2, -0.15) is 13.2 Å². The number of aromatic nitrogens is 2. The third-order valence-corrected chi connectivity index (χ3v) is 4.47. The van der Waals surface area contributed by atoms with Crippen molar-refractivity contribution in [3.8, 4) is 11.3 Å². The van der Waals surface area contributed by atoms with Gasteiger partial charge in [0.1, 0.15) is 5.82 Å². The number of aromatic amines is 1. The lowest BCUT2D eigenvalue weighted by molar-refractivity contribution is -0.192. The highest BCUT2D eigenvalue weighted by Crippen LogP contribution is 2.26. The standard InChI is InChI=1S/C20H18N4O.C2HF3O2/c21-19-11-14(18-12-16-17(24-18)8-9-22-20(16)25)10-15(23-19)7-6-13-4-2-1-3-5-13;3-2(4,5)1(6)7/h1-7,10-12,24H,8-9H2,(H2,21,23)(H,22,25);(H,6,7)/b7-6+;. The molecule has 1 aliphatic rings. The number of nitrogen functional groups attached to an aromatic ring is 1. The summed E-state index contributed by atoms with van der Waals surface area (Å²) >= 11 is 0. The number of amides is 1. The molecule has 1 amide bonds. The highest BCUT2D eigenvalue weighted by Gasteiger charge is 2.38. The van der Waals surface area contributed by atoms with Gasteiger partial charge in [-0.1, -0.05) is 36.4 Å². The molecule has 0 saturated carbocycles. The van der Waals surface area contributed by atoms with Crippen LogP contribution in [-0.2, 0) is 11.2 Å². The van der Waals surface area contributed by atoms with Crippen molar-refractivity contribution in [2.45, 2.75) is 12.6 Å². The van der Waals surface area contributed by atoms with Gasteiger partial charge >= 0.3 is 12.1 Å². The first-order valence-corrected chi connectivity index (χ1v) is 9.45. The Kier molecular flexibility index (Phi) is 6.62. The third kappa shape index (κ3) is 5.75. The van der Waals surface area contributed by atoms with E-state index in [1.807, 2.05) is 60.7 Å². The van der Waals surface area contributed by atoms with Gasteiger partial charge in [0.05, 0.1) is 11.3 Å². The minimum atomic E-state index is -5.08. The second kappa shape index (κ2) is 9.38. The molecule has 1 aromatic carbocycles. The van der Waals surface area contributed by atoms with Gasteiger partial charge < -0.3 is 21.1 Å². The molecule has 166 valence electrons. The lowest BCUT2D eigenvalue weighted by Crippen LogP contribution is -2.31. The summed E-state index contributed by atoms with van der Waals surface area (Å²) in [5, 5.41) is 9.98. The van der Waals surface area contributed by atoms with Crippen molar-refractivity contribution < 1.29 is 27.9 Å². The van der Waals surface area contributed by atoms with E-state index in [0.717, 1.165) is 34.6 Å². The summed E-state index contributed by atoms with van der Waals surface area (Å²) in [4.78, 5) is 28.5. The average molecular weight is 444 g/mol. The largest absolute Gasteiger partial charge is 0.490 e. The maximum absolute atomic E-state index is 11.9. The number of rotatable bonds is 3. The fourth-order valence-corrected chi connectivity index (χ4v) is 3.01. The second-order valence-electron chi connectivity index (χ2n) is 6.83. The number of alkyl halides is 3. The molecule has 0 spiro atoms. The van der Waals surface area contributed by atoms with Gasteiger partial charge in [-0.3, -0.25) is 4.79 Å². The van der Waals surface area contributed by atoms with Gasteiger partial charge in [-0.15, -0.1) is 0 Å². The van der Waals surface area contributed by atoms with Gasteiger partial charge in [0.15, 0.2) is 0 Å². The Morgan fingerprint density at radius 3 is 2.44 bits per heavy atom. The van der Waals surface area contributed by atoms with E-state index in [2.05, 4.69) is 15.3 Å². The zero-order valence-corrected chi connectivity index (χ0v) is 16.6. The van der Waals surface area contributed by atoms with Crippen molar-refractivity contribution in [3.05, 3.63) is 71.0 Å². The number of fused-ring (bicyclic) bond motifs is 1. The Morgan fingerprint density at radius 1 is 1.12 bits per heavy atom. The van der Waals surface area contributed by atoms with E-state index in [0.29, 0.717) is 17.9 Å². The molecular weight excluding hydrogens is 425 g/mol. The molecule has 0 radical (unpaired) electrons.